The summed E-state index contributed by atoms with van der Waals surface area (Å²) >= 11 is 0. The number of rotatable bonds is 3. The average Bonchev–Trinajstić information content (AvgIpc) is 2.33. The molecule has 2 rings (SSSR count). The van der Waals surface area contributed by atoms with Gasteiger partial charge >= 0.3 is 0 Å². The zero-order chi connectivity index (χ0) is 14.0. The lowest BCUT2D eigenvalue weighted by Gasteiger charge is -2.08. The van der Waals surface area contributed by atoms with Crippen LogP contribution in [0.4, 0.5) is 5.95 Å². The topological polar surface area (TPSA) is 95.2 Å². The van der Waals surface area contributed by atoms with Crippen LogP contribution in [0.1, 0.15) is 5.56 Å². The van der Waals surface area contributed by atoms with E-state index in [9.17, 15) is 8.42 Å². The van der Waals surface area contributed by atoms with Gasteiger partial charge in [-0.25, -0.2) is 13.4 Å². The van der Waals surface area contributed by atoms with Gasteiger partial charge in [-0.3, -0.25) is 0 Å². The van der Waals surface area contributed by atoms with E-state index in [1.54, 1.807) is 25.3 Å². The van der Waals surface area contributed by atoms with Crippen molar-refractivity contribution in [2.45, 2.75) is 11.8 Å². The number of sulfone groups is 1. The van der Waals surface area contributed by atoms with E-state index in [2.05, 4.69) is 9.97 Å². The van der Waals surface area contributed by atoms with E-state index in [4.69, 9.17) is 10.5 Å². The number of nitrogens with zero attached hydrogens (tertiary/aromatic N) is 2. The van der Waals surface area contributed by atoms with Crippen LogP contribution in [0.5, 0.6) is 11.6 Å². The van der Waals surface area contributed by atoms with E-state index in [-0.39, 0.29) is 10.8 Å². The molecule has 0 fully saturated rings. The summed E-state index contributed by atoms with van der Waals surface area (Å²) in [7, 11) is -3.21. The van der Waals surface area contributed by atoms with Gasteiger partial charge in [0, 0.05) is 18.0 Å². The summed E-state index contributed by atoms with van der Waals surface area (Å²) in [6.45, 7) is 1.79. The molecule has 7 heteroatoms. The Morgan fingerprint density at radius 2 is 1.84 bits per heavy atom. The van der Waals surface area contributed by atoms with Crippen molar-refractivity contribution in [3.8, 4) is 11.6 Å². The van der Waals surface area contributed by atoms with Crippen LogP contribution in [0.25, 0.3) is 0 Å². The Balaban J connectivity index is 2.27. The SMILES string of the molecule is Cc1cnc(N)nc1Oc1ccc(S(C)(=O)=O)cc1. The summed E-state index contributed by atoms with van der Waals surface area (Å²) in [6, 6.07) is 6.08. The predicted molar refractivity (Wildman–Crippen MR) is 70.8 cm³/mol. The average molecular weight is 279 g/mol. The molecular formula is C12H13N3O3S. The first-order valence-electron chi connectivity index (χ1n) is 5.43. The van der Waals surface area contributed by atoms with Gasteiger partial charge in [0.25, 0.3) is 0 Å². The van der Waals surface area contributed by atoms with Crippen molar-refractivity contribution >= 4 is 15.8 Å². The molecule has 6 nitrogen and oxygen atoms in total. The smallest absolute Gasteiger partial charge is 0.226 e. The highest BCUT2D eigenvalue weighted by Crippen LogP contribution is 2.24. The van der Waals surface area contributed by atoms with E-state index in [1.807, 2.05) is 0 Å². The second kappa shape index (κ2) is 4.85. The van der Waals surface area contributed by atoms with E-state index >= 15 is 0 Å². The highest BCUT2D eigenvalue weighted by atomic mass is 32.2. The summed E-state index contributed by atoms with van der Waals surface area (Å²) < 4.78 is 28.2. The molecule has 1 heterocycles. The molecule has 0 atom stereocenters. The summed E-state index contributed by atoms with van der Waals surface area (Å²) in [4.78, 5) is 8.04. The standard InChI is InChI=1S/C12H13N3O3S/c1-8-7-14-12(13)15-11(8)18-9-3-5-10(6-4-9)19(2,16)17/h3-7H,1-2H3,(H2,13,14,15). The fraction of sp³-hybridized carbons (Fsp3) is 0.167. The Morgan fingerprint density at radius 1 is 1.21 bits per heavy atom. The quantitative estimate of drug-likeness (QED) is 0.916. The Bertz CT molecular complexity index is 697. The summed E-state index contributed by atoms with van der Waals surface area (Å²) in [5.41, 5.74) is 6.22. The largest absolute Gasteiger partial charge is 0.439 e. The molecule has 1 aromatic carbocycles. The van der Waals surface area contributed by atoms with Crippen LogP contribution in [0.2, 0.25) is 0 Å². The highest BCUT2D eigenvalue weighted by Gasteiger charge is 2.08. The van der Waals surface area contributed by atoms with Gasteiger partial charge in [-0.1, -0.05) is 0 Å². The number of anilines is 1. The fourth-order valence-electron chi connectivity index (χ4n) is 1.41. The number of hydrogen-bond donors (Lipinski definition) is 1. The van der Waals surface area contributed by atoms with Crippen molar-refractivity contribution in [3.63, 3.8) is 0 Å². The van der Waals surface area contributed by atoms with Crippen LogP contribution in [0, 0.1) is 6.92 Å². The molecule has 2 aromatic rings. The van der Waals surface area contributed by atoms with E-state index in [0.717, 1.165) is 11.8 Å². The lowest BCUT2D eigenvalue weighted by Crippen LogP contribution is -1.99. The van der Waals surface area contributed by atoms with Crippen LogP contribution in [0.3, 0.4) is 0 Å². The van der Waals surface area contributed by atoms with E-state index < -0.39 is 9.84 Å². The van der Waals surface area contributed by atoms with Crippen LogP contribution in [-0.2, 0) is 9.84 Å². The second-order valence-electron chi connectivity index (χ2n) is 4.06. The highest BCUT2D eigenvalue weighted by molar-refractivity contribution is 7.90. The van der Waals surface area contributed by atoms with Crippen molar-refractivity contribution in [1.82, 2.24) is 9.97 Å². The number of aromatic nitrogens is 2. The molecule has 0 unspecified atom stereocenters. The fourth-order valence-corrected chi connectivity index (χ4v) is 2.04. The Labute approximate surface area is 111 Å². The van der Waals surface area contributed by atoms with Crippen LogP contribution >= 0.6 is 0 Å². The number of nitrogens with two attached hydrogens (primary N) is 1. The molecule has 0 bridgehead atoms. The molecular weight excluding hydrogens is 266 g/mol. The Morgan fingerprint density at radius 3 is 2.42 bits per heavy atom. The van der Waals surface area contributed by atoms with Gasteiger partial charge in [-0.05, 0) is 31.2 Å². The van der Waals surface area contributed by atoms with Crippen LogP contribution in [-0.4, -0.2) is 24.6 Å². The maximum absolute atomic E-state index is 11.3. The first kappa shape index (κ1) is 13.3. The lowest BCUT2D eigenvalue weighted by atomic mass is 10.3. The number of ether oxygens (including phenoxy) is 1. The maximum atomic E-state index is 11.3. The van der Waals surface area contributed by atoms with Gasteiger partial charge in [-0.2, -0.15) is 4.98 Å². The first-order valence-corrected chi connectivity index (χ1v) is 7.32. The van der Waals surface area contributed by atoms with Crippen molar-refractivity contribution in [2.75, 3.05) is 12.0 Å². The van der Waals surface area contributed by atoms with Gasteiger partial charge in [0.1, 0.15) is 5.75 Å². The monoisotopic (exact) mass is 279 g/mol. The predicted octanol–water partition coefficient (Wildman–Crippen LogP) is 1.56. The third-order valence-electron chi connectivity index (χ3n) is 2.41. The first-order chi connectivity index (χ1) is 8.86. The van der Waals surface area contributed by atoms with E-state index in [0.29, 0.717) is 11.6 Å². The number of nitrogen functional groups attached to an aromatic ring is 1. The van der Waals surface area contributed by atoms with Crippen molar-refractivity contribution in [2.24, 2.45) is 0 Å². The molecule has 0 aliphatic carbocycles. The zero-order valence-electron chi connectivity index (χ0n) is 10.5. The van der Waals surface area contributed by atoms with Gasteiger partial charge in [0.2, 0.25) is 11.8 Å². The summed E-state index contributed by atoms with van der Waals surface area (Å²) in [5.74, 6) is 0.946. The van der Waals surface area contributed by atoms with Crippen LogP contribution < -0.4 is 10.5 Å². The maximum Gasteiger partial charge on any atom is 0.226 e. The Kier molecular flexibility index (Phi) is 3.39. The third-order valence-corrected chi connectivity index (χ3v) is 3.54. The third kappa shape index (κ3) is 3.19. The minimum absolute atomic E-state index is 0.119. The molecule has 0 radical (unpaired) electrons. The molecule has 2 N–H and O–H groups in total. The van der Waals surface area contributed by atoms with Crippen molar-refractivity contribution in [3.05, 3.63) is 36.0 Å². The molecule has 0 saturated carbocycles. The molecule has 0 aliphatic heterocycles. The minimum Gasteiger partial charge on any atom is -0.439 e. The van der Waals surface area contributed by atoms with Gasteiger partial charge in [0.15, 0.2) is 9.84 Å². The Hall–Kier alpha value is -2.15. The molecule has 0 aliphatic rings. The summed E-state index contributed by atoms with van der Waals surface area (Å²) in [6.07, 6.45) is 2.71. The summed E-state index contributed by atoms with van der Waals surface area (Å²) in [5, 5.41) is 0. The molecule has 100 valence electrons. The second-order valence-corrected chi connectivity index (χ2v) is 6.08. The molecule has 1 aromatic heterocycles. The van der Waals surface area contributed by atoms with Crippen molar-refractivity contribution < 1.29 is 13.2 Å². The van der Waals surface area contributed by atoms with Gasteiger partial charge in [0.05, 0.1) is 4.90 Å². The number of hydrogen-bond acceptors (Lipinski definition) is 6. The molecule has 19 heavy (non-hydrogen) atoms. The lowest BCUT2D eigenvalue weighted by molar-refractivity contribution is 0.458. The molecule has 0 saturated heterocycles. The number of aryl methyl sites for hydroxylation is 1. The minimum atomic E-state index is -3.21. The molecule has 0 amide bonds. The van der Waals surface area contributed by atoms with E-state index in [1.165, 1.54) is 12.1 Å². The van der Waals surface area contributed by atoms with Gasteiger partial charge < -0.3 is 10.5 Å². The van der Waals surface area contributed by atoms with Gasteiger partial charge in [-0.15, -0.1) is 0 Å². The van der Waals surface area contributed by atoms with Crippen molar-refractivity contribution in [1.29, 1.82) is 0 Å². The van der Waals surface area contributed by atoms with Crippen LogP contribution in [0.15, 0.2) is 35.4 Å². The number of benzene rings is 1. The normalized spacial score (nSPS) is 11.3. The molecule has 0 spiro atoms. The zero-order valence-corrected chi connectivity index (χ0v) is 11.3.